The van der Waals surface area contributed by atoms with Crippen LogP contribution in [0.1, 0.15) is 43.2 Å². The van der Waals surface area contributed by atoms with Gasteiger partial charge in [-0.2, -0.15) is 0 Å². The highest BCUT2D eigenvalue weighted by atomic mass is 16.5. The van der Waals surface area contributed by atoms with Gasteiger partial charge in [-0.1, -0.05) is 19.9 Å². The van der Waals surface area contributed by atoms with Crippen molar-refractivity contribution in [2.75, 3.05) is 44.8 Å². The van der Waals surface area contributed by atoms with Crippen molar-refractivity contribution in [1.29, 1.82) is 0 Å². The van der Waals surface area contributed by atoms with E-state index in [0.717, 1.165) is 38.8 Å². The molecule has 1 aromatic carbocycles. The van der Waals surface area contributed by atoms with Crippen LogP contribution in [0.2, 0.25) is 0 Å². The summed E-state index contributed by atoms with van der Waals surface area (Å²) >= 11 is 0. The van der Waals surface area contributed by atoms with Crippen LogP contribution >= 0.6 is 0 Å². The number of anilines is 1. The van der Waals surface area contributed by atoms with E-state index < -0.39 is 0 Å². The van der Waals surface area contributed by atoms with E-state index in [1.54, 1.807) is 11.1 Å². The van der Waals surface area contributed by atoms with Crippen LogP contribution in [0.5, 0.6) is 0 Å². The molecule has 116 valence electrons. The number of hydrogen-bond donors (Lipinski definition) is 1. The Morgan fingerprint density at radius 1 is 1.19 bits per heavy atom. The Kier molecular flexibility index (Phi) is 4.51. The zero-order valence-corrected chi connectivity index (χ0v) is 13.6. The molecule has 3 atom stereocenters. The molecule has 1 heterocycles. The zero-order chi connectivity index (χ0) is 14.8. The van der Waals surface area contributed by atoms with E-state index in [1.165, 1.54) is 12.1 Å². The third kappa shape index (κ3) is 2.82. The van der Waals surface area contributed by atoms with Crippen molar-refractivity contribution >= 4 is 5.69 Å². The van der Waals surface area contributed by atoms with Gasteiger partial charge in [-0.05, 0) is 61.0 Å². The van der Waals surface area contributed by atoms with Crippen LogP contribution in [-0.4, -0.2) is 39.9 Å². The third-order valence-electron chi connectivity index (χ3n) is 5.47. The van der Waals surface area contributed by atoms with Gasteiger partial charge in [0.2, 0.25) is 0 Å². The molecule has 0 amide bonds. The van der Waals surface area contributed by atoms with Crippen molar-refractivity contribution in [2.24, 2.45) is 5.92 Å². The van der Waals surface area contributed by atoms with Gasteiger partial charge in [-0.25, -0.2) is 0 Å². The Hall–Kier alpha value is -1.06. The van der Waals surface area contributed by atoms with E-state index in [2.05, 4.69) is 42.3 Å². The van der Waals surface area contributed by atoms with Gasteiger partial charge in [0, 0.05) is 18.8 Å². The fraction of sp³-hybridized carbons (Fsp3) is 0.667. The minimum Gasteiger partial charge on any atom is -0.378 e. The number of hydrogen-bond acceptors (Lipinski definition) is 3. The van der Waals surface area contributed by atoms with Gasteiger partial charge in [-0.3, -0.25) is 0 Å². The van der Waals surface area contributed by atoms with Crippen LogP contribution in [0.25, 0.3) is 0 Å². The molecule has 1 saturated heterocycles. The number of benzene rings is 1. The molecule has 0 bridgehead atoms. The van der Waals surface area contributed by atoms with E-state index in [9.17, 15) is 0 Å². The predicted octanol–water partition coefficient (Wildman–Crippen LogP) is 2.97. The lowest BCUT2D eigenvalue weighted by atomic mass is 9.87. The number of fused-ring (bicyclic) bond motifs is 1. The van der Waals surface area contributed by atoms with E-state index in [0.29, 0.717) is 11.8 Å². The lowest BCUT2D eigenvalue weighted by molar-refractivity contribution is 0.122. The quantitative estimate of drug-likeness (QED) is 0.922. The Bertz CT molecular complexity index is 482. The Morgan fingerprint density at radius 3 is 2.67 bits per heavy atom. The summed E-state index contributed by atoms with van der Waals surface area (Å²) in [6.45, 7) is 9.66. The average Bonchev–Trinajstić information content (AvgIpc) is 2.77. The first-order valence-electron chi connectivity index (χ1n) is 8.33. The fourth-order valence-corrected chi connectivity index (χ4v) is 3.95. The lowest BCUT2D eigenvalue weighted by Crippen LogP contribution is -2.36. The monoisotopic (exact) mass is 288 g/mol. The van der Waals surface area contributed by atoms with Gasteiger partial charge in [0.1, 0.15) is 0 Å². The maximum Gasteiger partial charge on any atom is 0.0642 e. The Balaban J connectivity index is 1.84. The summed E-state index contributed by atoms with van der Waals surface area (Å²) in [4.78, 5) is 2.46. The molecule has 3 nitrogen and oxygen atoms in total. The van der Waals surface area contributed by atoms with Gasteiger partial charge in [0.25, 0.3) is 0 Å². The van der Waals surface area contributed by atoms with Gasteiger partial charge < -0.3 is 15.0 Å². The van der Waals surface area contributed by atoms with Crippen molar-refractivity contribution in [2.45, 2.75) is 32.1 Å². The maximum absolute atomic E-state index is 5.46. The fourth-order valence-electron chi connectivity index (χ4n) is 3.95. The molecule has 1 aliphatic heterocycles. The summed E-state index contributed by atoms with van der Waals surface area (Å²) < 4.78 is 5.46. The van der Waals surface area contributed by atoms with E-state index in [4.69, 9.17) is 4.74 Å². The molecule has 1 aliphatic carbocycles. The summed E-state index contributed by atoms with van der Waals surface area (Å²) in [5, 5.41) is 3.30. The number of nitrogens with zero attached hydrogens (tertiary/aromatic N) is 1. The molecule has 0 saturated carbocycles. The molecule has 3 heteroatoms. The number of nitrogens with one attached hydrogen (secondary N) is 1. The second-order valence-corrected chi connectivity index (χ2v) is 6.56. The highest BCUT2D eigenvalue weighted by Gasteiger charge is 2.35. The van der Waals surface area contributed by atoms with Crippen molar-refractivity contribution in [3.63, 3.8) is 0 Å². The van der Waals surface area contributed by atoms with E-state index >= 15 is 0 Å². The highest BCUT2D eigenvalue weighted by Crippen LogP contribution is 2.48. The smallest absolute Gasteiger partial charge is 0.0642 e. The van der Waals surface area contributed by atoms with Crippen molar-refractivity contribution in [3.05, 3.63) is 29.3 Å². The summed E-state index contributed by atoms with van der Waals surface area (Å²) in [7, 11) is 2.05. The van der Waals surface area contributed by atoms with Crippen molar-refractivity contribution in [3.8, 4) is 0 Å². The van der Waals surface area contributed by atoms with Crippen LogP contribution in [0.15, 0.2) is 18.2 Å². The van der Waals surface area contributed by atoms with E-state index in [-0.39, 0.29) is 0 Å². The first-order valence-corrected chi connectivity index (χ1v) is 8.33. The molecule has 0 aromatic heterocycles. The summed E-state index contributed by atoms with van der Waals surface area (Å²) in [6, 6.07) is 7.16. The first-order chi connectivity index (χ1) is 10.2. The predicted molar refractivity (Wildman–Crippen MR) is 88.3 cm³/mol. The van der Waals surface area contributed by atoms with Crippen LogP contribution in [-0.2, 0) is 4.74 Å². The number of morpholine rings is 1. The molecule has 1 aromatic rings. The van der Waals surface area contributed by atoms with Crippen LogP contribution < -0.4 is 10.2 Å². The summed E-state index contributed by atoms with van der Waals surface area (Å²) in [5.41, 5.74) is 4.54. The van der Waals surface area contributed by atoms with Gasteiger partial charge >= 0.3 is 0 Å². The van der Waals surface area contributed by atoms with Crippen molar-refractivity contribution < 1.29 is 4.74 Å². The molecule has 0 spiro atoms. The normalized spacial score (nSPS) is 28.7. The largest absolute Gasteiger partial charge is 0.378 e. The molecule has 0 radical (unpaired) electrons. The molecule has 2 unspecified atom stereocenters. The van der Waals surface area contributed by atoms with Crippen LogP contribution in [0.4, 0.5) is 5.69 Å². The molecule has 2 aliphatic rings. The van der Waals surface area contributed by atoms with Crippen LogP contribution in [0.3, 0.4) is 0 Å². The summed E-state index contributed by atoms with van der Waals surface area (Å²) in [5.74, 6) is 2.12. The van der Waals surface area contributed by atoms with Crippen molar-refractivity contribution in [1.82, 2.24) is 5.32 Å². The molecule has 21 heavy (non-hydrogen) atoms. The van der Waals surface area contributed by atoms with Crippen LogP contribution in [0, 0.1) is 5.92 Å². The van der Waals surface area contributed by atoms with Gasteiger partial charge in [0.05, 0.1) is 13.2 Å². The maximum atomic E-state index is 5.46. The number of ether oxygens (including phenoxy) is 1. The third-order valence-corrected chi connectivity index (χ3v) is 5.47. The Morgan fingerprint density at radius 2 is 1.95 bits per heavy atom. The first kappa shape index (κ1) is 14.9. The molecular weight excluding hydrogens is 260 g/mol. The van der Waals surface area contributed by atoms with Gasteiger partial charge in [0.15, 0.2) is 0 Å². The molecule has 1 fully saturated rings. The second kappa shape index (κ2) is 6.37. The molecular formula is C18H28N2O. The SMILES string of the molecule is CNCCC1c2ccc(N3CCOCC3)cc2C(C)[C@H]1C. The highest BCUT2D eigenvalue weighted by molar-refractivity contribution is 5.55. The van der Waals surface area contributed by atoms with E-state index in [1.807, 2.05) is 7.05 Å². The van der Waals surface area contributed by atoms with Gasteiger partial charge in [-0.15, -0.1) is 0 Å². The minimum atomic E-state index is 0.669. The standard InChI is InChI=1S/C18H28N2O/c1-13-14(2)18-12-15(20-8-10-21-11-9-20)4-5-17(18)16(13)6-7-19-3/h4-5,12-14,16,19H,6-11H2,1-3H3/t13-,14?,16?/m1/s1. The second-order valence-electron chi connectivity index (χ2n) is 6.56. The lowest BCUT2D eigenvalue weighted by Gasteiger charge is -2.29. The Labute approximate surface area is 128 Å². The summed E-state index contributed by atoms with van der Waals surface area (Å²) in [6.07, 6.45) is 1.24. The number of rotatable bonds is 4. The minimum absolute atomic E-state index is 0.669. The average molecular weight is 288 g/mol. The topological polar surface area (TPSA) is 24.5 Å². The zero-order valence-electron chi connectivity index (χ0n) is 13.6. The molecule has 3 rings (SSSR count). The molecule has 1 N–H and O–H groups in total.